The molecule has 37 valence electrons. The van der Waals surface area contributed by atoms with Gasteiger partial charge in [0.05, 0.1) is 0 Å². The fraction of sp³-hybridized carbons (Fsp3) is 0.400. The lowest BCUT2D eigenvalue weighted by Crippen LogP contribution is -1.91. The summed E-state index contributed by atoms with van der Waals surface area (Å²) in [7, 11) is 0. The quantitative estimate of drug-likeness (QED) is 0.361. The Balaban J connectivity index is 3.49. The molecule has 0 aliphatic heterocycles. The summed E-state index contributed by atoms with van der Waals surface area (Å²) in [6.45, 7) is 5.11. The second-order valence-corrected chi connectivity index (χ2v) is 1.74. The van der Waals surface area contributed by atoms with Crippen LogP contribution < -0.4 is 0 Å². The van der Waals surface area contributed by atoms with Crippen LogP contribution in [0, 0.1) is 18.8 Å². The maximum Gasteiger partial charge on any atom is 0.476 e. The molecule has 7 heavy (non-hydrogen) atoms. The molecule has 0 aliphatic carbocycles. The number of hydrogen-bond acceptors (Lipinski definition) is 1. The molecule has 1 radical (unpaired) electrons. The third-order valence-electron chi connectivity index (χ3n) is 0.421. The topological polar surface area (TPSA) is 17.1 Å². The summed E-state index contributed by atoms with van der Waals surface area (Å²) in [6.07, 6.45) is 0. The zero-order chi connectivity index (χ0) is 5.70. The molecule has 2 heteroatoms. The molecule has 0 rings (SSSR count). The first-order valence-corrected chi connectivity index (χ1v) is 2.65. The number of rotatable bonds is 1. The fourth-order valence-corrected chi connectivity index (χ4v) is 0.351. The Morgan fingerprint density at radius 1 is 1.86 bits per heavy atom. The minimum absolute atomic E-state index is 0.301. The Morgan fingerprint density at radius 2 is 2.43 bits per heavy atom. The Bertz CT molecular complexity index is 109. The molecule has 1 atom stereocenters. The van der Waals surface area contributed by atoms with Crippen molar-refractivity contribution in [2.45, 2.75) is 12.2 Å². The highest BCUT2D eigenvalue weighted by molar-refractivity contribution is 7.66. The van der Waals surface area contributed by atoms with E-state index in [1.54, 1.807) is 6.92 Å². The first-order chi connectivity index (χ1) is 3.31. The Hall–Kier alpha value is -0.420. The van der Waals surface area contributed by atoms with Crippen LogP contribution in [0.5, 0.6) is 0 Å². The normalized spacial score (nSPS) is 11.1. The van der Waals surface area contributed by atoms with Crippen molar-refractivity contribution in [1.29, 1.82) is 0 Å². The average Bonchev–Trinajstić information content (AvgIpc) is 1.68. The fourth-order valence-electron chi connectivity index (χ4n) is 0.185. The summed E-state index contributed by atoms with van der Waals surface area (Å²) < 4.78 is 9.77. The van der Waals surface area contributed by atoms with Crippen molar-refractivity contribution in [3.05, 3.63) is 6.92 Å². The largest absolute Gasteiger partial charge is 0.476 e. The van der Waals surface area contributed by atoms with Gasteiger partial charge in [0.25, 0.3) is 5.25 Å². The van der Waals surface area contributed by atoms with E-state index in [-0.39, 0.29) is 5.25 Å². The van der Waals surface area contributed by atoms with Crippen LogP contribution in [0.2, 0.25) is 0 Å². The standard InChI is InChI=1S/C5H6OS/c1-3-4-5(2)7-6/h5H,2H2,1H3/q+1. The molecule has 0 saturated carbocycles. The SMILES string of the molecule is [CH2]C(C#CC)[S+]=O. The second kappa shape index (κ2) is 3.76. The van der Waals surface area contributed by atoms with Crippen LogP contribution in [-0.4, -0.2) is 5.25 Å². The highest BCUT2D eigenvalue weighted by Crippen LogP contribution is 1.76. The molecule has 1 nitrogen and oxygen atoms in total. The van der Waals surface area contributed by atoms with Gasteiger partial charge >= 0.3 is 11.7 Å². The van der Waals surface area contributed by atoms with Crippen LogP contribution in [0.4, 0.5) is 0 Å². The van der Waals surface area contributed by atoms with Gasteiger partial charge in [-0.3, -0.25) is 0 Å². The second-order valence-electron chi connectivity index (χ2n) is 0.979. The summed E-state index contributed by atoms with van der Waals surface area (Å²) in [5, 5.41) is -0.301. The van der Waals surface area contributed by atoms with Gasteiger partial charge in [0.15, 0.2) is 0 Å². The van der Waals surface area contributed by atoms with Gasteiger partial charge in [-0.15, -0.1) is 5.92 Å². The van der Waals surface area contributed by atoms with Crippen molar-refractivity contribution in [3.8, 4) is 11.8 Å². The van der Waals surface area contributed by atoms with E-state index in [9.17, 15) is 4.21 Å². The van der Waals surface area contributed by atoms with Crippen LogP contribution in [0.25, 0.3) is 0 Å². The third kappa shape index (κ3) is 3.41. The monoisotopic (exact) mass is 114 g/mol. The Kier molecular flexibility index (Phi) is 3.53. The van der Waals surface area contributed by atoms with Crippen LogP contribution >= 0.6 is 0 Å². The van der Waals surface area contributed by atoms with E-state index in [2.05, 4.69) is 18.8 Å². The summed E-state index contributed by atoms with van der Waals surface area (Å²) in [5.74, 6) is 5.17. The van der Waals surface area contributed by atoms with E-state index >= 15 is 0 Å². The van der Waals surface area contributed by atoms with Gasteiger partial charge in [0.2, 0.25) is 0 Å². The molecule has 0 fully saturated rings. The molecule has 0 amide bonds. The van der Waals surface area contributed by atoms with Crippen molar-refractivity contribution < 1.29 is 4.21 Å². The molecule has 0 N–H and O–H groups in total. The summed E-state index contributed by atoms with van der Waals surface area (Å²) in [4.78, 5) is 0. The highest BCUT2D eigenvalue weighted by atomic mass is 32.1. The maximum atomic E-state index is 9.77. The lowest BCUT2D eigenvalue weighted by molar-refractivity contribution is 0.604. The number of hydrogen-bond donors (Lipinski definition) is 0. The Morgan fingerprint density at radius 3 is 2.57 bits per heavy atom. The Labute approximate surface area is 47.6 Å². The van der Waals surface area contributed by atoms with Crippen molar-refractivity contribution in [1.82, 2.24) is 0 Å². The van der Waals surface area contributed by atoms with E-state index in [1.807, 2.05) is 0 Å². The minimum Gasteiger partial charge on any atom is -0.101 e. The summed E-state index contributed by atoms with van der Waals surface area (Å²) in [6, 6.07) is 0. The zero-order valence-corrected chi connectivity index (χ0v) is 4.92. The van der Waals surface area contributed by atoms with Crippen LogP contribution in [0.15, 0.2) is 0 Å². The molecular formula is C5H6OS+. The molecule has 0 saturated heterocycles. The minimum atomic E-state index is -0.301. The highest BCUT2D eigenvalue weighted by Gasteiger charge is 2.06. The maximum absolute atomic E-state index is 9.77. The van der Waals surface area contributed by atoms with Gasteiger partial charge in [-0.25, -0.2) is 0 Å². The molecule has 0 bridgehead atoms. The van der Waals surface area contributed by atoms with Crippen LogP contribution in [0.1, 0.15) is 6.92 Å². The molecule has 0 aliphatic rings. The van der Waals surface area contributed by atoms with E-state index < -0.39 is 0 Å². The van der Waals surface area contributed by atoms with E-state index in [0.29, 0.717) is 11.7 Å². The smallest absolute Gasteiger partial charge is 0.101 e. The zero-order valence-electron chi connectivity index (χ0n) is 4.10. The van der Waals surface area contributed by atoms with Crippen molar-refractivity contribution in [3.63, 3.8) is 0 Å². The summed E-state index contributed by atoms with van der Waals surface area (Å²) in [5.41, 5.74) is 0. The van der Waals surface area contributed by atoms with E-state index in [1.165, 1.54) is 0 Å². The van der Waals surface area contributed by atoms with Crippen molar-refractivity contribution in [2.24, 2.45) is 0 Å². The molecule has 0 spiro atoms. The predicted molar refractivity (Wildman–Crippen MR) is 30.6 cm³/mol. The molecule has 0 aromatic heterocycles. The molecule has 0 aromatic carbocycles. The van der Waals surface area contributed by atoms with Gasteiger partial charge in [-0.1, -0.05) is 0 Å². The molecule has 0 heterocycles. The van der Waals surface area contributed by atoms with Crippen LogP contribution in [-0.2, 0) is 15.9 Å². The first-order valence-electron chi connectivity index (χ1n) is 1.85. The van der Waals surface area contributed by atoms with Gasteiger partial charge in [0, 0.05) is 11.1 Å². The van der Waals surface area contributed by atoms with Gasteiger partial charge < -0.3 is 0 Å². The summed E-state index contributed by atoms with van der Waals surface area (Å²) >= 11 is 0.415. The lowest BCUT2D eigenvalue weighted by atomic mass is 10.5. The van der Waals surface area contributed by atoms with Gasteiger partial charge in [0.1, 0.15) is 0 Å². The average molecular weight is 114 g/mol. The van der Waals surface area contributed by atoms with Gasteiger partial charge in [-0.2, -0.15) is 0 Å². The van der Waals surface area contributed by atoms with Crippen molar-refractivity contribution >= 4 is 11.7 Å². The first kappa shape index (κ1) is 6.58. The third-order valence-corrected chi connectivity index (χ3v) is 0.772. The molecule has 1 unspecified atom stereocenters. The van der Waals surface area contributed by atoms with E-state index in [4.69, 9.17) is 0 Å². The van der Waals surface area contributed by atoms with E-state index in [0.717, 1.165) is 0 Å². The predicted octanol–water partition coefficient (Wildman–Crippen LogP) is 0.640. The van der Waals surface area contributed by atoms with Crippen LogP contribution in [0.3, 0.4) is 0 Å². The van der Waals surface area contributed by atoms with Gasteiger partial charge in [-0.05, 0) is 12.8 Å². The lowest BCUT2D eigenvalue weighted by Gasteiger charge is -1.64. The molecule has 0 aromatic rings. The van der Waals surface area contributed by atoms with Crippen molar-refractivity contribution in [2.75, 3.05) is 0 Å². The molecular weight excluding hydrogens is 108 g/mol.